The number of thiophene rings is 1. The number of carbonyl (C=O) groups is 2. The van der Waals surface area contributed by atoms with E-state index in [4.69, 9.17) is 9.26 Å². The topological polar surface area (TPSA) is 104 Å². The van der Waals surface area contributed by atoms with Crippen molar-refractivity contribution in [2.75, 3.05) is 19.0 Å². The Morgan fingerprint density at radius 2 is 2.27 bits per heavy atom. The van der Waals surface area contributed by atoms with Gasteiger partial charge in [-0.2, -0.15) is 4.98 Å². The van der Waals surface area contributed by atoms with Gasteiger partial charge < -0.3 is 14.0 Å². The van der Waals surface area contributed by atoms with Crippen LogP contribution in [0.2, 0.25) is 0 Å². The molecule has 2 rings (SSSR count). The summed E-state index contributed by atoms with van der Waals surface area (Å²) in [6.45, 7) is 2.03. The van der Waals surface area contributed by atoms with Crippen LogP contribution in [0.5, 0.6) is 0 Å². The molecule has 2 aromatic heterocycles. The van der Waals surface area contributed by atoms with Crippen molar-refractivity contribution < 1.29 is 23.6 Å². The van der Waals surface area contributed by atoms with Gasteiger partial charge in [0.1, 0.15) is 0 Å². The molecule has 0 saturated heterocycles. The lowest BCUT2D eigenvalue weighted by Crippen LogP contribution is -2.12. The predicted octanol–water partition coefficient (Wildman–Crippen LogP) is 2.47. The Morgan fingerprint density at radius 3 is 3.00 bits per heavy atom. The van der Waals surface area contributed by atoms with E-state index in [0.717, 1.165) is 0 Å². The smallest absolute Gasteiger partial charge is 0.412 e. The molecule has 1 amide bonds. The van der Waals surface area contributed by atoms with Crippen molar-refractivity contribution in [3.8, 4) is 11.4 Å². The highest BCUT2D eigenvalue weighted by molar-refractivity contribution is 7.14. The second kappa shape index (κ2) is 7.55. The molecule has 0 unspecified atom stereocenters. The number of hydrogen-bond donors (Lipinski definition) is 1. The fraction of sp³-hybridized carbons (Fsp3) is 0.385. The van der Waals surface area contributed by atoms with Crippen LogP contribution in [0, 0.1) is 0 Å². The molecule has 0 aromatic carbocycles. The van der Waals surface area contributed by atoms with Gasteiger partial charge >= 0.3 is 12.1 Å². The molecular formula is C13H15N3O5S. The van der Waals surface area contributed by atoms with Gasteiger partial charge in [-0.1, -0.05) is 5.16 Å². The first-order valence-electron chi connectivity index (χ1n) is 6.54. The summed E-state index contributed by atoms with van der Waals surface area (Å²) in [4.78, 5) is 26.6. The number of nitrogens with one attached hydrogen (secondary N) is 1. The highest BCUT2D eigenvalue weighted by Crippen LogP contribution is 2.27. The van der Waals surface area contributed by atoms with E-state index in [1.165, 1.54) is 18.4 Å². The van der Waals surface area contributed by atoms with Gasteiger partial charge in [0.25, 0.3) is 0 Å². The number of hydrogen-bond acceptors (Lipinski definition) is 8. The number of amides is 1. The maximum absolute atomic E-state index is 11.3. The molecule has 0 radical (unpaired) electrons. The van der Waals surface area contributed by atoms with Crippen molar-refractivity contribution in [2.45, 2.75) is 19.8 Å². The van der Waals surface area contributed by atoms with E-state index in [0.29, 0.717) is 35.3 Å². The minimum Gasteiger partial charge on any atom is -0.469 e. The number of carbonyl (C=O) groups excluding carboxylic acids is 2. The highest BCUT2D eigenvalue weighted by atomic mass is 32.1. The van der Waals surface area contributed by atoms with Crippen LogP contribution in [-0.4, -0.2) is 35.9 Å². The predicted molar refractivity (Wildman–Crippen MR) is 78.6 cm³/mol. The maximum Gasteiger partial charge on any atom is 0.412 e. The molecule has 0 atom stereocenters. The van der Waals surface area contributed by atoms with Crippen molar-refractivity contribution >= 4 is 28.4 Å². The zero-order valence-electron chi connectivity index (χ0n) is 12.1. The molecule has 0 fully saturated rings. The Kier molecular flexibility index (Phi) is 5.48. The lowest BCUT2D eigenvalue weighted by Gasteiger charge is -2.00. The quantitative estimate of drug-likeness (QED) is 0.814. The number of esters is 1. The van der Waals surface area contributed by atoms with Crippen LogP contribution in [0.1, 0.15) is 19.2 Å². The van der Waals surface area contributed by atoms with Gasteiger partial charge in [-0.3, -0.25) is 10.1 Å². The minimum atomic E-state index is -0.511. The zero-order valence-corrected chi connectivity index (χ0v) is 12.9. The third kappa shape index (κ3) is 4.29. The SMILES string of the molecule is CCOC(=O)Nc1cc(-c2noc(CCC(=O)OC)n2)cs1. The first-order chi connectivity index (χ1) is 10.6. The van der Waals surface area contributed by atoms with Gasteiger partial charge in [0.05, 0.1) is 25.1 Å². The summed E-state index contributed by atoms with van der Waals surface area (Å²) in [6.07, 6.45) is -0.0161. The third-order valence-electron chi connectivity index (χ3n) is 2.60. The van der Waals surface area contributed by atoms with E-state index in [1.54, 1.807) is 18.4 Å². The van der Waals surface area contributed by atoms with Crippen molar-refractivity contribution in [3.05, 3.63) is 17.3 Å². The largest absolute Gasteiger partial charge is 0.469 e. The van der Waals surface area contributed by atoms with E-state index in [2.05, 4.69) is 20.2 Å². The Bertz CT molecular complexity index is 652. The van der Waals surface area contributed by atoms with E-state index in [-0.39, 0.29) is 12.4 Å². The highest BCUT2D eigenvalue weighted by Gasteiger charge is 2.13. The van der Waals surface area contributed by atoms with Crippen LogP contribution in [0.3, 0.4) is 0 Å². The third-order valence-corrected chi connectivity index (χ3v) is 3.44. The van der Waals surface area contributed by atoms with Gasteiger partial charge in [-0.25, -0.2) is 4.79 Å². The summed E-state index contributed by atoms with van der Waals surface area (Å²) in [5, 5.41) is 8.85. The molecule has 0 aliphatic rings. The number of aromatic nitrogens is 2. The average molecular weight is 325 g/mol. The summed E-state index contributed by atoms with van der Waals surface area (Å²) >= 11 is 1.32. The summed E-state index contributed by atoms with van der Waals surface area (Å²) < 4.78 is 14.4. The van der Waals surface area contributed by atoms with E-state index >= 15 is 0 Å². The average Bonchev–Trinajstić information content (AvgIpc) is 3.13. The molecule has 0 spiro atoms. The zero-order chi connectivity index (χ0) is 15.9. The number of methoxy groups -OCH3 is 1. The first kappa shape index (κ1) is 16.0. The lowest BCUT2D eigenvalue weighted by molar-refractivity contribution is -0.140. The molecule has 0 aliphatic heterocycles. The molecule has 9 heteroatoms. The molecule has 2 heterocycles. The van der Waals surface area contributed by atoms with Gasteiger partial charge in [0.15, 0.2) is 0 Å². The van der Waals surface area contributed by atoms with Crippen LogP contribution in [-0.2, 0) is 20.7 Å². The molecule has 22 heavy (non-hydrogen) atoms. The standard InChI is InChI=1S/C13H15N3O5S/c1-3-20-13(18)15-10-6-8(7-22-10)12-14-9(21-16-12)4-5-11(17)19-2/h6-7H,3-5H2,1-2H3,(H,15,18). The monoisotopic (exact) mass is 325 g/mol. The van der Waals surface area contributed by atoms with Crippen LogP contribution < -0.4 is 5.32 Å². The summed E-state index contributed by atoms with van der Waals surface area (Å²) in [7, 11) is 1.32. The van der Waals surface area contributed by atoms with Gasteiger partial charge in [0.2, 0.25) is 11.7 Å². The summed E-state index contributed by atoms with van der Waals surface area (Å²) in [5.41, 5.74) is 0.713. The Balaban J connectivity index is 1.97. The van der Waals surface area contributed by atoms with E-state index in [1.807, 2.05) is 0 Å². The van der Waals surface area contributed by atoms with Crippen LogP contribution in [0.15, 0.2) is 16.0 Å². The summed E-state index contributed by atoms with van der Waals surface area (Å²) in [6, 6.07) is 1.72. The second-order valence-corrected chi connectivity index (χ2v) is 5.04. The lowest BCUT2D eigenvalue weighted by atomic mass is 10.3. The fourth-order valence-electron chi connectivity index (χ4n) is 1.57. The molecular weight excluding hydrogens is 310 g/mol. The van der Waals surface area contributed by atoms with Crippen molar-refractivity contribution in [2.24, 2.45) is 0 Å². The molecule has 0 aliphatic carbocycles. The van der Waals surface area contributed by atoms with Gasteiger partial charge in [-0.05, 0) is 13.0 Å². The number of aryl methyl sites for hydroxylation is 1. The number of nitrogens with zero attached hydrogens (tertiary/aromatic N) is 2. The van der Waals surface area contributed by atoms with Crippen molar-refractivity contribution in [1.29, 1.82) is 0 Å². The molecule has 8 nitrogen and oxygen atoms in total. The molecule has 118 valence electrons. The van der Waals surface area contributed by atoms with E-state index < -0.39 is 6.09 Å². The van der Waals surface area contributed by atoms with Crippen molar-refractivity contribution in [3.63, 3.8) is 0 Å². The number of anilines is 1. The number of ether oxygens (including phenoxy) is 2. The van der Waals surface area contributed by atoms with Crippen LogP contribution in [0.25, 0.3) is 11.4 Å². The van der Waals surface area contributed by atoms with Gasteiger partial charge in [-0.15, -0.1) is 11.3 Å². The summed E-state index contributed by atoms with van der Waals surface area (Å²) in [5.74, 6) is 0.413. The minimum absolute atomic E-state index is 0.178. The van der Waals surface area contributed by atoms with Gasteiger partial charge in [0, 0.05) is 17.4 Å². The maximum atomic E-state index is 11.3. The van der Waals surface area contributed by atoms with Crippen LogP contribution >= 0.6 is 11.3 Å². The first-order valence-corrected chi connectivity index (χ1v) is 7.42. The Hall–Kier alpha value is -2.42. The van der Waals surface area contributed by atoms with Crippen LogP contribution in [0.4, 0.5) is 9.80 Å². The Labute approximate surface area is 130 Å². The molecule has 0 bridgehead atoms. The van der Waals surface area contributed by atoms with E-state index in [9.17, 15) is 9.59 Å². The number of rotatable bonds is 6. The Morgan fingerprint density at radius 1 is 1.45 bits per heavy atom. The molecule has 2 aromatic rings. The molecule has 1 N–H and O–H groups in total. The molecule has 0 saturated carbocycles. The fourth-order valence-corrected chi connectivity index (χ4v) is 2.34. The normalized spacial score (nSPS) is 10.3. The second-order valence-electron chi connectivity index (χ2n) is 4.13. The van der Waals surface area contributed by atoms with Crippen molar-refractivity contribution in [1.82, 2.24) is 10.1 Å².